The van der Waals surface area contributed by atoms with E-state index in [0.29, 0.717) is 6.54 Å². The van der Waals surface area contributed by atoms with E-state index in [4.69, 9.17) is 15.2 Å². The molecule has 0 atom stereocenters. The van der Waals surface area contributed by atoms with Gasteiger partial charge in [0.05, 0.1) is 5.54 Å². The molecule has 0 aromatic heterocycles. The molecule has 2 rings (SSSR count). The lowest BCUT2D eigenvalue weighted by Crippen LogP contribution is -2.50. The summed E-state index contributed by atoms with van der Waals surface area (Å²) in [7, 11) is 0. The van der Waals surface area contributed by atoms with Gasteiger partial charge in [-0.1, -0.05) is 6.07 Å². The number of carbonyl (C=O) groups excluding carboxylic acids is 1. The second-order valence-electron chi connectivity index (χ2n) is 4.53. The van der Waals surface area contributed by atoms with Gasteiger partial charge in [0.2, 0.25) is 12.7 Å². The van der Waals surface area contributed by atoms with E-state index in [1.165, 1.54) is 0 Å². The van der Waals surface area contributed by atoms with Crippen molar-refractivity contribution >= 4 is 5.91 Å². The number of fused-ring (bicyclic) bond motifs is 1. The molecule has 92 valence electrons. The minimum Gasteiger partial charge on any atom is -0.454 e. The minimum absolute atomic E-state index is 0.263. The predicted molar refractivity (Wildman–Crippen MR) is 62.7 cm³/mol. The van der Waals surface area contributed by atoms with E-state index in [0.717, 1.165) is 17.1 Å². The number of hydrogen-bond donors (Lipinski definition) is 2. The molecule has 1 amide bonds. The summed E-state index contributed by atoms with van der Waals surface area (Å²) in [5.74, 6) is 1.11. The lowest BCUT2D eigenvalue weighted by molar-refractivity contribution is -0.123. The molecular weight excluding hydrogens is 220 g/mol. The van der Waals surface area contributed by atoms with Crippen molar-refractivity contribution in [3.63, 3.8) is 0 Å². The number of benzene rings is 1. The van der Waals surface area contributed by atoms with Crippen molar-refractivity contribution in [3.05, 3.63) is 23.8 Å². The number of carbonyl (C=O) groups is 1. The lowest BCUT2D eigenvalue weighted by Gasteiger charge is -2.22. The summed E-state index contributed by atoms with van der Waals surface area (Å²) in [5.41, 5.74) is 5.57. The summed E-state index contributed by atoms with van der Waals surface area (Å²) in [5, 5.41) is 3.10. The molecule has 5 nitrogen and oxygen atoms in total. The molecule has 5 heteroatoms. The monoisotopic (exact) mass is 236 g/mol. The van der Waals surface area contributed by atoms with Crippen molar-refractivity contribution in [1.29, 1.82) is 0 Å². The molecule has 0 radical (unpaired) electrons. The standard InChI is InChI=1S/C12H16N2O3/c1-12(2,11(13)15)14-6-8-3-4-9-10(5-8)17-7-16-9/h3-5,14H,6-7H2,1-2H3,(H2,13,15). The van der Waals surface area contributed by atoms with Crippen LogP contribution < -0.4 is 20.5 Å². The molecule has 0 aliphatic carbocycles. The fourth-order valence-corrected chi connectivity index (χ4v) is 1.46. The van der Waals surface area contributed by atoms with Crippen LogP contribution in [0.15, 0.2) is 18.2 Å². The number of amides is 1. The van der Waals surface area contributed by atoms with Crippen LogP contribution in [-0.4, -0.2) is 18.2 Å². The predicted octanol–water partition coefficient (Wildman–Crippen LogP) is 0.769. The van der Waals surface area contributed by atoms with Crippen LogP contribution in [0.5, 0.6) is 11.5 Å². The van der Waals surface area contributed by atoms with Gasteiger partial charge in [0.25, 0.3) is 0 Å². The Labute approximate surface area is 99.9 Å². The summed E-state index contributed by atoms with van der Waals surface area (Å²) in [4.78, 5) is 11.1. The molecule has 0 bridgehead atoms. The van der Waals surface area contributed by atoms with Crippen LogP contribution in [0, 0.1) is 0 Å². The Balaban J connectivity index is 2.03. The van der Waals surface area contributed by atoms with Crippen molar-refractivity contribution in [2.75, 3.05) is 6.79 Å². The first-order valence-corrected chi connectivity index (χ1v) is 5.42. The molecule has 0 saturated heterocycles. The maximum Gasteiger partial charge on any atom is 0.237 e. The first-order chi connectivity index (χ1) is 7.99. The van der Waals surface area contributed by atoms with Crippen molar-refractivity contribution in [1.82, 2.24) is 5.32 Å². The molecule has 0 saturated carbocycles. The Bertz CT molecular complexity index is 443. The largest absolute Gasteiger partial charge is 0.454 e. The summed E-state index contributed by atoms with van der Waals surface area (Å²) < 4.78 is 10.5. The van der Waals surface area contributed by atoms with Gasteiger partial charge in [-0.25, -0.2) is 0 Å². The average molecular weight is 236 g/mol. The van der Waals surface area contributed by atoms with Gasteiger partial charge in [-0.3, -0.25) is 10.1 Å². The van der Waals surface area contributed by atoms with Gasteiger partial charge in [0.1, 0.15) is 0 Å². The van der Waals surface area contributed by atoms with Crippen LogP contribution in [0.25, 0.3) is 0 Å². The number of rotatable bonds is 4. The summed E-state index contributed by atoms with van der Waals surface area (Å²) >= 11 is 0. The van der Waals surface area contributed by atoms with E-state index in [1.807, 2.05) is 18.2 Å². The van der Waals surface area contributed by atoms with Crippen molar-refractivity contribution in [2.24, 2.45) is 5.73 Å². The molecule has 1 aromatic rings. The van der Waals surface area contributed by atoms with Crippen molar-refractivity contribution in [3.8, 4) is 11.5 Å². The number of nitrogens with two attached hydrogens (primary N) is 1. The van der Waals surface area contributed by atoms with E-state index in [-0.39, 0.29) is 12.7 Å². The molecule has 3 N–H and O–H groups in total. The second kappa shape index (κ2) is 4.25. The van der Waals surface area contributed by atoms with Gasteiger partial charge >= 0.3 is 0 Å². The van der Waals surface area contributed by atoms with Gasteiger partial charge in [-0.2, -0.15) is 0 Å². The third-order valence-electron chi connectivity index (χ3n) is 2.79. The van der Waals surface area contributed by atoms with Gasteiger partial charge in [0, 0.05) is 6.54 Å². The quantitative estimate of drug-likeness (QED) is 0.809. The second-order valence-corrected chi connectivity index (χ2v) is 4.53. The zero-order valence-electron chi connectivity index (χ0n) is 9.95. The molecule has 1 aromatic carbocycles. The molecule has 0 unspecified atom stereocenters. The smallest absolute Gasteiger partial charge is 0.237 e. The number of hydrogen-bond acceptors (Lipinski definition) is 4. The van der Waals surface area contributed by atoms with Gasteiger partial charge in [0.15, 0.2) is 11.5 Å². The zero-order chi connectivity index (χ0) is 12.5. The zero-order valence-corrected chi connectivity index (χ0v) is 9.95. The van der Waals surface area contributed by atoms with Crippen LogP contribution in [0.1, 0.15) is 19.4 Å². The Hall–Kier alpha value is -1.75. The normalized spacial score (nSPS) is 13.8. The average Bonchev–Trinajstić information content (AvgIpc) is 2.73. The maximum absolute atomic E-state index is 11.1. The Morgan fingerprint density at radius 2 is 2.12 bits per heavy atom. The number of ether oxygens (including phenoxy) is 2. The van der Waals surface area contributed by atoms with Gasteiger partial charge in [-0.15, -0.1) is 0 Å². The lowest BCUT2D eigenvalue weighted by atomic mass is 10.0. The summed E-state index contributed by atoms with van der Waals surface area (Å²) in [6.07, 6.45) is 0. The van der Waals surface area contributed by atoms with Gasteiger partial charge in [-0.05, 0) is 31.5 Å². The molecule has 0 spiro atoms. The first kappa shape index (κ1) is 11.7. The highest BCUT2D eigenvalue weighted by Crippen LogP contribution is 2.32. The first-order valence-electron chi connectivity index (χ1n) is 5.42. The Kier molecular flexibility index (Phi) is 2.93. The van der Waals surface area contributed by atoms with E-state index in [2.05, 4.69) is 5.32 Å². The Morgan fingerprint density at radius 1 is 1.41 bits per heavy atom. The molecule has 1 heterocycles. The van der Waals surface area contributed by atoms with Crippen LogP contribution in [0.4, 0.5) is 0 Å². The maximum atomic E-state index is 11.1. The van der Waals surface area contributed by atoms with E-state index < -0.39 is 5.54 Å². The fourth-order valence-electron chi connectivity index (χ4n) is 1.46. The highest BCUT2D eigenvalue weighted by atomic mass is 16.7. The third kappa shape index (κ3) is 2.50. The SMILES string of the molecule is CC(C)(NCc1ccc2c(c1)OCO2)C(N)=O. The van der Waals surface area contributed by atoms with Gasteiger partial charge < -0.3 is 15.2 Å². The molecule has 0 fully saturated rings. The number of nitrogens with one attached hydrogen (secondary N) is 1. The van der Waals surface area contributed by atoms with Crippen molar-refractivity contribution < 1.29 is 14.3 Å². The van der Waals surface area contributed by atoms with Crippen molar-refractivity contribution in [2.45, 2.75) is 25.9 Å². The van der Waals surface area contributed by atoms with E-state index in [9.17, 15) is 4.79 Å². The third-order valence-corrected chi connectivity index (χ3v) is 2.79. The van der Waals surface area contributed by atoms with E-state index in [1.54, 1.807) is 13.8 Å². The van der Waals surface area contributed by atoms with Crippen LogP contribution in [0.2, 0.25) is 0 Å². The summed E-state index contributed by atoms with van der Waals surface area (Å²) in [6, 6.07) is 5.68. The highest BCUT2D eigenvalue weighted by Gasteiger charge is 2.24. The number of primary amides is 1. The highest BCUT2D eigenvalue weighted by molar-refractivity contribution is 5.83. The molecule has 1 aliphatic rings. The van der Waals surface area contributed by atoms with Crippen LogP contribution >= 0.6 is 0 Å². The Morgan fingerprint density at radius 3 is 2.82 bits per heavy atom. The molecule has 1 aliphatic heterocycles. The van der Waals surface area contributed by atoms with Crippen LogP contribution in [-0.2, 0) is 11.3 Å². The van der Waals surface area contributed by atoms with E-state index >= 15 is 0 Å². The topological polar surface area (TPSA) is 73.6 Å². The summed E-state index contributed by atoms with van der Waals surface area (Å²) in [6.45, 7) is 4.32. The van der Waals surface area contributed by atoms with Crippen LogP contribution in [0.3, 0.4) is 0 Å². The fraction of sp³-hybridized carbons (Fsp3) is 0.417. The minimum atomic E-state index is -0.726. The molecule has 17 heavy (non-hydrogen) atoms. The molecular formula is C12H16N2O3.